The van der Waals surface area contributed by atoms with E-state index in [4.69, 9.17) is 14.2 Å². The number of esters is 1. The van der Waals surface area contributed by atoms with Gasteiger partial charge in [0.05, 0.1) is 40.9 Å². The lowest BCUT2D eigenvalue weighted by Crippen LogP contribution is -2.46. The van der Waals surface area contributed by atoms with Crippen LogP contribution in [0.15, 0.2) is 36.4 Å². The predicted molar refractivity (Wildman–Crippen MR) is 115 cm³/mol. The highest BCUT2D eigenvalue weighted by molar-refractivity contribution is 5.77. The number of methoxy groups -OCH3 is 4. The van der Waals surface area contributed by atoms with Crippen LogP contribution in [-0.4, -0.2) is 58.4 Å². The van der Waals surface area contributed by atoms with E-state index in [0.29, 0.717) is 24.5 Å². The molecule has 31 heavy (non-hydrogen) atoms. The van der Waals surface area contributed by atoms with Gasteiger partial charge in [-0.25, -0.2) is 4.79 Å². The van der Waals surface area contributed by atoms with Gasteiger partial charge in [0.15, 0.2) is 11.5 Å². The molecule has 166 valence electrons. The average Bonchev–Trinajstić information content (AvgIpc) is 2.82. The maximum atomic E-state index is 13.0. The van der Waals surface area contributed by atoms with E-state index < -0.39 is 0 Å². The van der Waals surface area contributed by atoms with Crippen LogP contribution < -0.4 is 19.5 Å². The van der Waals surface area contributed by atoms with Crippen molar-refractivity contribution in [2.24, 2.45) is 0 Å². The minimum absolute atomic E-state index is 0.116. The van der Waals surface area contributed by atoms with Crippen LogP contribution in [-0.2, 0) is 16.0 Å². The molecular weight excluding hydrogens is 400 g/mol. The molecule has 8 nitrogen and oxygen atoms in total. The molecule has 0 radical (unpaired) electrons. The molecular formula is C23H28N2O6. The van der Waals surface area contributed by atoms with E-state index in [1.54, 1.807) is 26.2 Å². The zero-order valence-corrected chi connectivity index (χ0v) is 18.3. The molecule has 2 amide bonds. The van der Waals surface area contributed by atoms with Crippen LogP contribution in [0.1, 0.15) is 29.2 Å². The van der Waals surface area contributed by atoms with Crippen LogP contribution in [0.5, 0.6) is 17.2 Å². The molecule has 8 heteroatoms. The summed E-state index contributed by atoms with van der Waals surface area (Å²) in [6.07, 6.45) is 0.789. The number of benzene rings is 2. The molecule has 1 atom stereocenters. The van der Waals surface area contributed by atoms with Crippen molar-refractivity contribution < 1.29 is 28.5 Å². The Hall–Kier alpha value is -3.42. The maximum Gasteiger partial charge on any atom is 0.318 e. The van der Waals surface area contributed by atoms with Gasteiger partial charge in [0.2, 0.25) is 0 Å². The topological polar surface area (TPSA) is 86.3 Å². The molecule has 2 aromatic carbocycles. The van der Waals surface area contributed by atoms with Gasteiger partial charge in [0.25, 0.3) is 0 Å². The average molecular weight is 428 g/mol. The van der Waals surface area contributed by atoms with Crippen molar-refractivity contribution in [2.45, 2.75) is 18.9 Å². The van der Waals surface area contributed by atoms with E-state index in [1.165, 1.54) is 7.11 Å². The van der Waals surface area contributed by atoms with E-state index in [-0.39, 0.29) is 31.0 Å². The summed E-state index contributed by atoms with van der Waals surface area (Å²) in [6, 6.07) is 11.0. The molecule has 1 aliphatic rings. The number of amides is 2. The highest BCUT2D eigenvalue weighted by Gasteiger charge is 2.33. The first-order valence-corrected chi connectivity index (χ1v) is 10.0. The molecule has 1 aliphatic heterocycles. The van der Waals surface area contributed by atoms with Crippen LogP contribution >= 0.6 is 0 Å². The van der Waals surface area contributed by atoms with Gasteiger partial charge in [-0.3, -0.25) is 4.79 Å². The molecule has 0 aliphatic carbocycles. The molecule has 0 unspecified atom stereocenters. The van der Waals surface area contributed by atoms with Crippen molar-refractivity contribution >= 4 is 12.0 Å². The Kier molecular flexibility index (Phi) is 7.23. The second-order valence-corrected chi connectivity index (χ2v) is 7.08. The molecule has 0 saturated heterocycles. The van der Waals surface area contributed by atoms with Crippen LogP contribution in [0.4, 0.5) is 4.79 Å². The second-order valence-electron chi connectivity index (χ2n) is 7.08. The van der Waals surface area contributed by atoms with Crippen LogP contribution in [0.3, 0.4) is 0 Å². The Balaban J connectivity index is 1.97. The van der Waals surface area contributed by atoms with Crippen LogP contribution in [0, 0.1) is 0 Å². The summed E-state index contributed by atoms with van der Waals surface area (Å²) < 4.78 is 20.9. The van der Waals surface area contributed by atoms with E-state index in [9.17, 15) is 9.59 Å². The predicted octanol–water partition coefficient (Wildman–Crippen LogP) is 2.93. The van der Waals surface area contributed by atoms with Crippen molar-refractivity contribution in [3.8, 4) is 17.2 Å². The fourth-order valence-corrected chi connectivity index (χ4v) is 3.79. The summed E-state index contributed by atoms with van der Waals surface area (Å²) in [5.41, 5.74) is 3.01. The van der Waals surface area contributed by atoms with Gasteiger partial charge >= 0.3 is 12.0 Å². The number of urea groups is 1. The lowest BCUT2D eigenvalue weighted by molar-refractivity contribution is -0.140. The Morgan fingerprint density at radius 3 is 2.29 bits per heavy atom. The number of carbonyl (C=O) groups is 2. The Morgan fingerprint density at radius 1 is 1.00 bits per heavy atom. The van der Waals surface area contributed by atoms with Crippen LogP contribution in [0.2, 0.25) is 0 Å². The van der Waals surface area contributed by atoms with E-state index in [1.807, 2.05) is 36.4 Å². The summed E-state index contributed by atoms with van der Waals surface area (Å²) >= 11 is 0. The molecule has 1 N–H and O–H groups in total. The van der Waals surface area contributed by atoms with Crippen molar-refractivity contribution in [1.29, 1.82) is 0 Å². The van der Waals surface area contributed by atoms with Crippen molar-refractivity contribution in [3.63, 3.8) is 0 Å². The number of nitrogens with zero attached hydrogens (tertiary/aromatic N) is 1. The van der Waals surface area contributed by atoms with Gasteiger partial charge in [0.1, 0.15) is 5.75 Å². The number of rotatable bonds is 7. The standard InChI is InChI=1S/C23H28N2O6/c1-28-17-7-5-15(6-8-17)22-18-14-20(30-3)19(29-2)13-16(18)10-12-25(22)23(27)24-11-9-21(26)31-4/h5-8,13-14,22H,9-12H2,1-4H3,(H,24,27)/t22-/m0/s1. The molecule has 0 fully saturated rings. The summed E-state index contributed by atoms with van der Waals surface area (Å²) in [6.45, 7) is 0.722. The normalized spacial score (nSPS) is 15.0. The largest absolute Gasteiger partial charge is 0.497 e. The summed E-state index contributed by atoms with van der Waals surface area (Å²) in [7, 11) is 6.14. The third-order valence-corrected chi connectivity index (χ3v) is 5.40. The molecule has 0 spiro atoms. The SMILES string of the molecule is COC(=O)CCNC(=O)N1CCc2cc(OC)c(OC)cc2[C@@H]1c1ccc(OC)cc1. The third kappa shape index (κ3) is 4.84. The number of nitrogens with one attached hydrogen (secondary N) is 1. The van der Waals surface area contributed by atoms with Gasteiger partial charge in [0, 0.05) is 13.1 Å². The highest BCUT2D eigenvalue weighted by Crippen LogP contribution is 2.41. The second kappa shape index (κ2) is 10.1. The van der Waals surface area contributed by atoms with Gasteiger partial charge in [-0.05, 0) is 47.4 Å². The first kappa shape index (κ1) is 22.3. The van der Waals surface area contributed by atoms with Gasteiger partial charge in [-0.2, -0.15) is 0 Å². The quantitative estimate of drug-likeness (QED) is 0.683. The molecule has 1 heterocycles. The van der Waals surface area contributed by atoms with Crippen LogP contribution in [0.25, 0.3) is 0 Å². The number of carbonyl (C=O) groups excluding carboxylic acids is 2. The molecule has 3 rings (SSSR count). The zero-order valence-electron chi connectivity index (χ0n) is 18.3. The first-order valence-electron chi connectivity index (χ1n) is 10.0. The van der Waals surface area contributed by atoms with Gasteiger partial charge in [-0.15, -0.1) is 0 Å². The van der Waals surface area contributed by atoms with E-state index >= 15 is 0 Å². The van der Waals surface area contributed by atoms with Crippen molar-refractivity contribution in [3.05, 3.63) is 53.1 Å². The monoisotopic (exact) mass is 428 g/mol. The number of hydrogen-bond acceptors (Lipinski definition) is 6. The van der Waals surface area contributed by atoms with Gasteiger partial charge in [-0.1, -0.05) is 12.1 Å². The summed E-state index contributed by atoms with van der Waals surface area (Å²) in [5, 5.41) is 2.83. The lowest BCUT2D eigenvalue weighted by Gasteiger charge is -2.38. The third-order valence-electron chi connectivity index (χ3n) is 5.40. The fourth-order valence-electron chi connectivity index (χ4n) is 3.79. The lowest BCUT2D eigenvalue weighted by atomic mass is 9.87. The van der Waals surface area contributed by atoms with Crippen molar-refractivity contribution in [2.75, 3.05) is 41.5 Å². The summed E-state index contributed by atoms with van der Waals surface area (Å²) in [5.74, 6) is 1.63. The zero-order chi connectivity index (χ0) is 22.4. The smallest absolute Gasteiger partial charge is 0.318 e. The number of hydrogen-bond donors (Lipinski definition) is 1. The fraction of sp³-hybridized carbons (Fsp3) is 0.391. The maximum absolute atomic E-state index is 13.0. The number of ether oxygens (including phenoxy) is 4. The van der Waals surface area contributed by atoms with E-state index in [2.05, 4.69) is 10.1 Å². The Morgan fingerprint density at radius 2 is 1.68 bits per heavy atom. The van der Waals surface area contributed by atoms with Crippen molar-refractivity contribution in [1.82, 2.24) is 10.2 Å². The summed E-state index contributed by atoms with van der Waals surface area (Å²) in [4.78, 5) is 26.2. The molecule has 2 aromatic rings. The minimum atomic E-state index is -0.368. The Labute approximate surface area is 182 Å². The number of fused-ring (bicyclic) bond motifs is 1. The van der Waals surface area contributed by atoms with Gasteiger partial charge < -0.3 is 29.2 Å². The molecule has 0 saturated carbocycles. The first-order chi connectivity index (χ1) is 15.0. The molecule has 0 aromatic heterocycles. The molecule has 0 bridgehead atoms. The minimum Gasteiger partial charge on any atom is -0.497 e. The van der Waals surface area contributed by atoms with E-state index in [0.717, 1.165) is 22.4 Å². The highest BCUT2D eigenvalue weighted by atomic mass is 16.5. The Bertz CT molecular complexity index is 928.